The summed E-state index contributed by atoms with van der Waals surface area (Å²) in [7, 11) is 1.81. The molecule has 96 valence electrons. The topological polar surface area (TPSA) is 30.5 Å². The number of nitrogens with one attached hydrogen (secondary N) is 1. The van der Waals surface area contributed by atoms with Gasteiger partial charge < -0.3 is 14.8 Å². The molecule has 0 aliphatic carbocycles. The Balaban J connectivity index is 1.87. The zero-order valence-electron chi connectivity index (χ0n) is 10.6. The van der Waals surface area contributed by atoms with Crippen LogP contribution in [-0.4, -0.2) is 32.5 Å². The summed E-state index contributed by atoms with van der Waals surface area (Å²) in [5, 5.41) is 7.89. The maximum Gasteiger partial charge on any atom is 0.0846 e. The van der Waals surface area contributed by atoms with Crippen molar-refractivity contribution in [2.45, 2.75) is 31.4 Å². The van der Waals surface area contributed by atoms with E-state index in [0.29, 0.717) is 6.04 Å². The number of hydrogen-bond acceptors (Lipinski definition) is 4. The lowest BCUT2D eigenvalue weighted by molar-refractivity contribution is -0.0885. The molecule has 0 radical (unpaired) electrons. The predicted molar refractivity (Wildman–Crippen MR) is 70.5 cm³/mol. The van der Waals surface area contributed by atoms with Gasteiger partial charge in [0.1, 0.15) is 0 Å². The third-order valence-electron chi connectivity index (χ3n) is 3.61. The molecule has 1 aliphatic heterocycles. The molecule has 0 aromatic carbocycles. The molecular weight excluding hydrogens is 234 g/mol. The van der Waals surface area contributed by atoms with Gasteiger partial charge in [-0.25, -0.2) is 0 Å². The van der Waals surface area contributed by atoms with Crippen molar-refractivity contribution in [2.24, 2.45) is 0 Å². The van der Waals surface area contributed by atoms with E-state index in [1.807, 2.05) is 7.11 Å². The normalized spacial score (nSPS) is 21.3. The van der Waals surface area contributed by atoms with Crippen LogP contribution in [0.4, 0.5) is 0 Å². The first-order chi connectivity index (χ1) is 8.26. The van der Waals surface area contributed by atoms with E-state index in [9.17, 15) is 0 Å². The molecule has 2 heterocycles. The molecule has 0 bridgehead atoms. The summed E-state index contributed by atoms with van der Waals surface area (Å²) < 4.78 is 11.1. The van der Waals surface area contributed by atoms with Gasteiger partial charge in [-0.1, -0.05) is 0 Å². The molecule has 4 heteroatoms. The zero-order chi connectivity index (χ0) is 12.1. The average molecular weight is 255 g/mol. The third kappa shape index (κ3) is 3.28. The van der Waals surface area contributed by atoms with Crippen molar-refractivity contribution in [1.82, 2.24) is 5.32 Å². The van der Waals surface area contributed by atoms with E-state index in [2.05, 4.69) is 29.1 Å². The SMILES string of the molecule is COC1(CN[C@@H](C)c2ccsc2)CCOCC1. The van der Waals surface area contributed by atoms with E-state index in [4.69, 9.17) is 9.47 Å². The molecule has 0 unspecified atom stereocenters. The molecule has 2 rings (SSSR count). The van der Waals surface area contributed by atoms with Gasteiger partial charge in [0, 0.05) is 45.8 Å². The number of hydrogen-bond donors (Lipinski definition) is 1. The van der Waals surface area contributed by atoms with Crippen molar-refractivity contribution in [1.29, 1.82) is 0 Å². The highest BCUT2D eigenvalue weighted by molar-refractivity contribution is 7.07. The van der Waals surface area contributed by atoms with Crippen molar-refractivity contribution in [3.05, 3.63) is 22.4 Å². The smallest absolute Gasteiger partial charge is 0.0846 e. The fraction of sp³-hybridized carbons (Fsp3) is 0.692. The first kappa shape index (κ1) is 13.0. The molecular formula is C13H21NO2S. The lowest BCUT2D eigenvalue weighted by Crippen LogP contribution is -2.47. The minimum absolute atomic E-state index is 0.0392. The summed E-state index contributed by atoms with van der Waals surface area (Å²) >= 11 is 1.74. The second-order valence-electron chi connectivity index (χ2n) is 4.66. The van der Waals surface area contributed by atoms with Gasteiger partial charge in [-0.15, -0.1) is 0 Å². The van der Waals surface area contributed by atoms with E-state index >= 15 is 0 Å². The van der Waals surface area contributed by atoms with E-state index in [0.717, 1.165) is 32.6 Å². The highest BCUT2D eigenvalue weighted by Crippen LogP contribution is 2.25. The summed E-state index contributed by atoms with van der Waals surface area (Å²) in [5.74, 6) is 0. The van der Waals surface area contributed by atoms with Gasteiger partial charge in [0.15, 0.2) is 0 Å². The molecule has 0 spiro atoms. The van der Waals surface area contributed by atoms with Crippen LogP contribution in [0, 0.1) is 0 Å². The predicted octanol–water partition coefficient (Wildman–Crippen LogP) is 2.59. The lowest BCUT2D eigenvalue weighted by atomic mass is 9.93. The van der Waals surface area contributed by atoms with E-state index in [-0.39, 0.29) is 5.60 Å². The van der Waals surface area contributed by atoms with E-state index in [1.165, 1.54) is 5.56 Å². The Morgan fingerprint density at radius 1 is 1.53 bits per heavy atom. The molecule has 1 atom stereocenters. The van der Waals surface area contributed by atoms with Crippen molar-refractivity contribution >= 4 is 11.3 Å². The van der Waals surface area contributed by atoms with Gasteiger partial charge >= 0.3 is 0 Å². The van der Waals surface area contributed by atoms with Gasteiger partial charge in [-0.05, 0) is 29.3 Å². The van der Waals surface area contributed by atoms with Crippen LogP contribution in [0.15, 0.2) is 16.8 Å². The van der Waals surface area contributed by atoms with Crippen LogP contribution in [0.1, 0.15) is 31.4 Å². The van der Waals surface area contributed by atoms with Crippen LogP contribution < -0.4 is 5.32 Å². The molecule has 1 aromatic heterocycles. The van der Waals surface area contributed by atoms with Crippen molar-refractivity contribution < 1.29 is 9.47 Å². The third-order valence-corrected chi connectivity index (χ3v) is 4.31. The zero-order valence-corrected chi connectivity index (χ0v) is 11.4. The van der Waals surface area contributed by atoms with E-state index in [1.54, 1.807) is 11.3 Å². The Hall–Kier alpha value is -0.420. The largest absolute Gasteiger partial charge is 0.381 e. The minimum Gasteiger partial charge on any atom is -0.381 e. The average Bonchev–Trinajstić information content (AvgIpc) is 2.91. The lowest BCUT2D eigenvalue weighted by Gasteiger charge is -2.36. The highest BCUT2D eigenvalue weighted by atomic mass is 32.1. The summed E-state index contributed by atoms with van der Waals surface area (Å²) in [6.45, 7) is 4.71. The number of ether oxygens (including phenoxy) is 2. The van der Waals surface area contributed by atoms with Crippen LogP contribution in [-0.2, 0) is 9.47 Å². The van der Waals surface area contributed by atoms with Crippen LogP contribution in [0.2, 0.25) is 0 Å². The summed E-state index contributed by atoms with van der Waals surface area (Å²) in [4.78, 5) is 0. The van der Waals surface area contributed by atoms with Crippen molar-refractivity contribution in [3.63, 3.8) is 0 Å². The first-order valence-corrected chi connectivity index (χ1v) is 7.08. The second kappa shape index (κ2) is 5.96. The number of methoxy groups -OCH3 is 1. The summed E-state index contributed by atoms with van der Waals surface area (Å²) in [6, 6.07) is 2.56. The Bertz CT molecular complexity index is 320. The van der Waals surface area contributed by atoms with Crippen molar-refractivity contribution in [2.75, 3.05) is 26.9 Å². The van der Waals surface area contributed by atoms with E-state index < -0.39 is 0 Å². The molecule has 1 N–H and O–H groups in total. The first-order valence-electron chi connectivity index (χ1n) is 6.14. The van der Waals surface area contributed by atoms with Crippen LogP contribution >= 0.6 is 11.3 Å². The number of rotatable bonds is 5. The molecule has 17 heavy (non-hydrogen) atoms. The monoisotopic (exact) mass is 255 g/mol. The van der Waals surface area contributed by atoms with Crippen molar-refractivity contribution in [3.8, 4) is 0 Å². The molecule has 1 fully saturated rings. The second-order valence-corrected chi connectivity index (χ2v) is 5.44. The Labute approximate surface area is 107 Å². The van der Waals surface area contributed by atoms with Gasteiger partial charge in [0.2, 0.25) is 0 Å². The van der Waals surface area contributed by atoms with Gasteiger partial charge in [-0.2, -0.15) is 11.3 Å². The quantitative estimate of drug-likeness (QED) is 0.877. The Morgan fingerprint density at radius 3 is 2.88 bits per heavy atom. The number of thiophene rings is 1. The molecule has 0 saturated carbocycles. The van der Waals surface area contributed by atoms with Gasteiger partial charge in [0.25, 0.3) is 0 Å². The standard InChI is InChI=1S/C13H21NO2S/c1-11(12-3-8-17-9-12)14-10-13(15-2)4-6-16-7-5-13/h3,8-9,11,14H,4-7,10H2,1-2H3/t11-/m0/s1. The van der Waals surface area contributed by atoms with Crippen LogP contribution in [0.5, 0.6) is 0 Å². The molecule has 0 amide bonds. The molecule has 1 aliphatic rings. The minimum atomic E-state index is -0.0392. The maximum atomic E-state index is 5.71. The molecule has 1 aromatic rings. The van der Waals surface area contributed by atoms with Crippen LogP contribution in [0.25, 0.3) is 0 Å². The van der Waals surface area contributed by atoms with Gasteiger partial charge in [0.05, 0.1) is 5.60 Å². The molecule has 3 nitrogen and oxygen atoms in total. The maximum absolute atomic E-state index is 5.71. The van der Waals surface area contributed by atoms with Crippen LogP contribution in [0.3, 0.4) is 0 Å². The van der Waals surface area contributed by atoms with Gasteiger partial charge in [-0.3, -0.25) is 0 Å². The Morgan fingerprint density at radius 2 is 2.29 bits per heavy atom. The fourth-order valence-electron chi connectivity index (χ4n) is 2.17. The summed E-state index contributed by atoms with van der Waals surface area (Å²) in [6.07, 6.45) is 1.96. The Kier molecular flexibility index (Phi) is 4.56. The summed E-state index contributed by atoms with van der Waals surface area (Å²) in [5.41, 5.74) is 1.32. The fourth-order valence-corrected chi connectivity index (χ4v) is 2.93. The highest BCUT2D eigenvalue weighted by Gasteiger charge is 2.32. The molecule has 1 saturated heterocycles.